The van der Waals surface area contributed by atoms with E-state index >= 15 is 0 Å². The number of nitrogens with zero attached hydrogens (tertiary/aromatic N) is 1. The number of thiophene rings is 1. The van der Waals surface area contributed by atoms with Gasteiger partial charge >= 0.3 is 0 Å². The van der Waals surface area contributed by atoms with Crippen LogP contribution in [0.15, 0.2) is 17.5 Å². The fraction of sp³-hybridized carbons (Fsp3) is 0.773. The Kier molecular flexibility index (Phi) is 6.86. The van der Waals surface area contributed by atoms with Gasteiger partial charge in [0.15, 0.2) is 5.11 Å². The van der Waals surface area contributed by atoms with Crippen LogP contribution in [0.1, 0.15) is 83.9 Å². The van der Waals surface area contributed by atoms with Crippen molar-refractivity contribution in [3.8, 4) is 0 Å². The van der Waals surface area contributed by atoms with Crippen LogP contribution in [0.5, 0.6) is 0 Å². The lowest BCUT2D eigenvalue weighted by Gasteiger charge is -2.50. The molecule has 3 nitrogen and oxygen atoms in total. The molecule has 0 aromatic carbocycles. The molecular formula is C22H37N3S2. The van der Waals surface area contributed by atoms with E-state index in [4.69, 9.17) is 12.2 Å². The maximum absolute atomic E-state index is 6.00. The van der Waals surface area contributed by atoms with E-state index in [0.717, 1.165) is 24.5 Å². The van der Waals surface area contributed by atoms with Crippen molar-refractivity contribution in [2.24, 2.45) is 0 Å². The average molecular weight is 408 g/mol. The molecule has 1 aliphatic carbocycles. The molecule has 0 atom stereocenters. The summed E-state index contributed by atoms with van der Waals surface area (Å²) >= 11 is 7.84. The summed E-state index contributed by atoms with van der Waals surface area (Å²) in [6, 6.07) is 5.40. The van der Waals surface area contributed by atoms with Gasteiger partial charge in [0, 0.05) is 28.0 Å². The molecule has 1 aliphatic heterocycles. The van der Waals surface area contributed by atoms with Gasteiger partial charge in [-0.3, -0.25) is 0 Å². The SMILES string of the molecule is CC1(C)CC(N(Cc2cccs2)C(=S)NC2CCCCCC2)CC(C)(C)N1. The minimum absolute atomic E-state index is 0.123. The smallest absolute Gasteiger partial charge is 0.169 e. The number of hydrogen-bond donors (Lipinski definition) is 2. The van der Waals surface area contributed by atoms with Crippen LogP contribution in [0.3, 0.4) is 0 Å². The quantitative estimate of drug-likeness (QED) is 0.512. The average Bonchev–Trinajstić information content (AvgIpc) is 2.93. The highest BCUT2D eigenvalue weighted by Crippen LogP contribution is 2.33. The summed E-state index contributed by atoms with van der Waals surface area (Å²) in [6.07, 6.45) is 10.2. The van der Waals surface area contributed by atoms with E-state index in [1.54, 1.807) is 0 Å². The molecular weight excluding hydrogens is 370 g/mol. The first-order chi connectivity index (χ1) is 12.7. The van der Waals surface area contributed by atoms with E-state index in [1.807, 2.05) is 11.3 Å². The van der Waals surface area contributed by atoms with Crippen molar-refractivity contribution in [1.82, 2.24) is 15.5 Å². The molecule has 0 amide bonds. The van der Waals surface area contributed by atoms with E-state index in [-0.39, 0.29) is 11.1 Å². The van der Waals surface area contributed by atoms with Crippen molar-refractivity contribution in [3.63, 3.8) is 0 Å². The monoisotopic (exact) mass is 407 g/mol. The van der Waals surface area contributed by atoms with Crippen molar-refractivity contribution < 1.29 is 0 Å². The molecule has 2 heterocycles. The highest BCUT2D eigenvalue weighted by molar-refractivity contribution is 7.80. The zero-order valence-corrected chi connectivity index (χ0v) is 19.1. The molecule has 152 valence electrons. The van der Waals surface area contributed by atoms with Gasteiger partial charge in [-0.2, -0.15) is 0 Å². The van der Waals surface area contributed by atoms with Crippen LogP contribution >= 0.6 is 23.6 Å². The normalized spacial score (nSPS) is 23.6. The van der Waals surface area contributed by atoms with E-state index in [0.29, 0.717) is 12.1 Å². The fourth-order valence-electron chi connectivity index (χ4n) is 5.11. The van der Waals surface area contributed by atoms with Crippen LogP contribution in [0.25, 0.3) is 0 Å². The topological polar surface area (TPSA) is 27.3 Å². The summed E-state index contributed by atoms with van der Waals surface area (Å²) in [7, 11) is 0. The Balaban J connectivity index is 1.76. The molecule has 1 aromatic rings. The zero-order chi connectivity index (χ0) is 19.5. The van der Waals surface area contributed by atoms with Gasteiger partial charge in [-0.15, -0.1) is 11.3 Å². The van der Waals surface area contributed by atoms with E-state index in [2.05, 4.69) is 60.7 Å². The van der Waals surface area contributed by atoms with Crippen LogP contribution in [-0.2, 0) is 6.54 Å². The van der Waals surface area contributed by atoms with Crippen LogP contribution in [-0.4, -0.2) is 33.2 Å². The molecule has 3 rings (SSSR count). The molecule has 0 unspecified atom stereocenters. The van der Waals surface area contributed by atoms with Gasteiger partial charge in [0.2, 0.25) is 0 Å². The van der Waals surface area contributed by atoms with E-state index in [1.165, 1.54) is 43.4 Å². The molecule has 2 N–H and O–H groups in total. The Morgan fingerprint density at radius 3 is 2.33 bits per heavy atom. The molecule has 1 aromatic heterocycles. The molecule has 27 heavy (non-hydrogen) atoms. The number of nitrogens with one attached hydrogen (secondary N) is 2. The van der Waals surface area contributed by atoms with Crippen molar-refractivity contribution in [1.29, 1.82) is 0 Å². The third-order valence-corrected chi connectivity index (χ3v) is 7.17. The minimum Gasteiger partial charge on any atom is -0.360 e. The number of thiocarbonyl (C=S) groups is 1. The Hall–Kier alpha value is -0.650. The maximum Gasteiger partial charge on any atom is 0.169 e. The Morgan fingerprint density at radius 1 is 1.15 bits per heavy atom. The summed E-state index contributed by atoms with van der Waals surface area (Å²) in [4.78, 5) is 3.89. The van der Waals surface area contributed by atoms with Crippen LogP contribution < -0.4 is 10.6 Å². The van der Waals surface area contributed by atoms with Gasteiger partial charge in [-0.05, 0) is 77.0 Å². The highest BCUT2D eigenvalue weighted by Gasteiger charge is 2.40. The summed E-state index contributed by atoms with van der Waals surface area (Å²) < 4.78 is 0. The lowest BCUT2D eigenvalue weighted by atomic mass is 9.79. The van der Waals surface area contributed by atoms with Gasteiger partial charge in [0.25, 0.3) is 0 Å². The number of rotatable bonds is 4. The lowest BCUT2D eigenvalue weighted by molar-refractivity contribution is 0.0995. The Labute approximate surface area is 175 Å². The Morgan fingerprint density at radius 2 is 1.78 bits per heavy atom. The van der Waals surface area contributed by atoms with E-state index in [9.17, 15) is 0 Å². The first-order valence-electron chi connectivity index (χ1n) is 10.6. The molecule has 5 heteroatoms. The van der Waals surface area contributed by atoms with Crippen molar-refractivity contribution in [3.05, 3.63) is 22.4 Å². The Bertz CT molecular complexity index is 585. The van der Waals surface area contributed by atoms with Crippen molar-refractivity contribution in [2.75, 3.05) is 0 Å². The third kappa shape index (κ3) is 6.16. The molecule has 1 saturated heterocycles. The number of piperidine rings is 1. The molecule has 2 fully saturated rings. The van der Waals surface area contributed by atoms with Crippen LogP contribution in [0.4, 0.5) is 0 Å². The van der Waals surface area contributed by atoms with E-state index < -0.39 is 0 Å². The predicted octanol–water partition coefficient (Wildman–Crippen LogP) is 5.46. The molecule has 1 saturated carbocycles. The summed E-state index contributed by atoms with van der Waals surface area (Å²) in [6.45, 7) is 10.2. The standard InChI is InChI=1S/C22H37N3S2/c1-21(2)14-18(15-22(3,4)24-21)25(16-19-12-9-13-27-19)20(26)23-17-10-7-5-6-8-11-17/h9,12-13,17-18,24H,5-8,10-11,14-16H2,1-4H3,(H,23,26). The lowest BCUT2D eigenvalue weighted by Crippen LogP contribution is -2.63. The molecule has 0 spiro atoms. The second-order valence-electron chi connectivity index (χ2n) is 9.80. The fourth-order valence-corrected chi connectivity index (χ4v) is 6.19. The van der Waals surface area contributed by atoms with Gasteiger partial charge in [-0.25, -0.2) is 0 Å². The highest BCUT2D eigenvalue weighted by atomic mass is 32.1. The maximum atomic E-state index is 6.00. The second kappa shape index (κ2) is 8.79. The second-order valence-corrected chi connectivity index (χ2v) is 11.2. The number of hydrogen-bond acceptors (Lipinski definition) is 3. The largest absolute Gasteiger partial charge is 0.360 e. The predicted molar refractivity (Wildman–Crippen MR) is 121 cm³/mol. The summed E-state index contributed by atoms with van der Waals surface area (Å²) in [5.41, 5.74) is 0.246. The summed E-state index contributed by atoms with van der Waals surface area (Å²) in [5, 5.41) is 10.7. The minimum atomic E-state index is 0.123. The van der Waals surface area contributed by atoms with Crippen LogP contribution in [0.2, 0.25) is 0 Å². The van der Waals surface area contributed by atoms with Gasteiger partial charge in [0.05, 0.1) is 6.54 Å². The summed E-state index contributed by atoms with van der Waals surface area (Å²) in [5.74, 6) is 0. The first-order valence-corrected chi connectivity index (χ1v) is 11.9. The van der Waals surface area contributed by atoms with Gasteiger partial charge in [0.1, 0.15) is 0 Å². The molecule has 0 radical (unpaired) electrons. The van der Waals surface area contributed by atoms with Gasteiger partial charge in [-0.1, -0.05) is 31.7 Å². The molecule has 0 bridgehead atoms. The molecule has 2 aliphatic rings. The first kappa shape index (κ1) is 21.1. The van der Waals surface area contributed by atoms with Gasteiger partial charge < -0.3 is 15.5 Å². The zero-order valence-electron chi connectivity index (χ0n) is 17.5. The van der Waals surface area contributed by atoms with Crippen LogP contribution in [0, 0.1) is 0 Å². The van der Waals surface area contributed by atoms with Crippen molar-refractivity contribution >= 4 is 28.7 Å². The van der Waals surface area contributed by atoms with Crippen molar-refractivity contribution in [2.45, 2.75) is 109 Å². The third-order valence-electron chi connectivity index (χ3n) is 5.96.